The Balaban J connectivity index is 2.03. The summed E-state index contributed by atoms with van der Waals surface area (Å²) < 4.78 is 26.3. The number of nitrogens with zero attached hydrogens (tertiary/aromatic N) is 2. The SMILES string of the molecule is CC(CCl)C(=O)N1CCN(S(=O)(=O)c2ccccc2)CC1. The molecule has 1 fully saturated rings. The van der Waals surface area contributed by atoms with Crippen molar-refractivity contribution in [3.63, 3.8) is 0 Å². The zero-order valence-electron chi connectivity index (χ0n) is 11.9. The van der Waals surface area contributed by atoms with E-state index in [1.54, 1.807) is 42.2 Å². The second-order valence-electron chi connectivity index (χ2n) is 5.10. The molecule has 116 valence electrons. The Morgan fingerprint density at radius 1 is 1.19 bits per heavy atom. The molecule has 0 bridgehead atoms. The maximum absolute atomic E-state index is 12.5. The normalized spacial score (nSPS) is 18.5. The van der Waals surface area contributed by atoms with Crippen molar-refractivity contribution in [2.75, 3.05) is 32.1 Å². The molecule has 1 aromatic carbocycles. The first-order valence-electron chi connectivity index (χ1n) is 6.86. The quantitative estimate of drug-likeness (QED) is 0.784. The van der Waals surface area contributed by atoms with Gasteiger partial charge in [0, 0.05) is 38.0 Å². The summed E-state index contributed by atoms with van der Waals surface area (Å²) in [7, 11) is -3.47. The van der Waals surface area contributed by atoms with Crippen LogP contribution in [0.5, 0.6) is 0 Å². The van der Waals surface area contributed by atoms with Crippen LogP contribution in [0.1, 0.15) is 6.92 Å². The van der Waals surface area contributed by atoms with E-state index in [2.05, 4.69) is 0 Å². The Labute approximate surface area is 130 Å². The van der Waals surface area contributed by atoms with E-state index in [1.807, 2.05) is 0 Å². The fraction of sp³-hybridized carbons (Fsp3) is 0.500. The summed E-state index contributed by atoms with van der Waals surface area (Å²) in [5.74, 6) is 0.0344. The van der Waals surface area contributed by atoms with Gasteiger partial charge in [0.25, 0.3) is 0 Å². The van der Waals surface area contributed by atoms with Gasteiger partial charge in [0.15, 0.2) is 0 Å². The molecule has 1 atom stereocenters. The number of rotatable bonds is 4. The Bertz CT molecular complexity index is 583. The summed E-state index contributed by atoms with van der Waals surface area (Å²) in [5.41, 5.74) is 0. The number of benzene rings is 1. The van der Waals surface area contributed by atoms with E-state index in [1.165, 1.54) is 4.31 Å². The van der Waals surface area contributed by atoms with Crippen molar-refractivity contribution < 1.29 is 13.2 Å². The second kappa shape index (κ2) is 6.77. The third-order valence-corrected chi connectivity index (χ3v) is 5.96. The number of hydrogen-bond donors (Lipinski definition) is 0. The molecule has 5 nitrogen and oxygen atoms in total. The molecule has 0 spiro atoms. The van der Waals surface area contributed by atoms with Gasteiger partial charge in [0.05, 0.1) is 4.90 Å². The summed E-state index contributed by atoms with van der Waals surface area (Å²) in [6, 6.07) is 8.36. The van der Waals surface area contributed by atoms with Crippen molar-refractivity contribution in [2.24, 2.45) is 5.92 Å². The van der Waals surface area contributed by atoms with E-state index in [-0.39, 0.29) is 17.7 Å². The van der Waals surface area contributed by atoms with E-state index in [4.69, 9.17) is 11.6 Å². The minimum absolute atomic E-state index is 0.0123. The molecule has 7 heteroatoms. The third-order valence-electron chi connectivity index (χ3n) is 3.58. The number of hydrogen-bond acceptors (Lipinski definition) is 3. The molecule has 21 heavy (non-hydrogen) atoms. The molecule has 1 saturated heterocycles. The number of carbonyl (C=O) groups excluding carboxylic acids is 1. The second-order valence-corrected chi connectivity index (χ2v) is 7.34. The van der Waals surface area contributed by atoms with Crippen LogP contribution in [0.25, 0.3) is 0 Å². The van der Waals surface area contributed by atoms with Crippen LogP contribution in [0.2, 0.25) is 0 Å². The predicted molar refractivity (Wildman–Crippen MR) is 81.7 cm³/mol. The summed E-state index contributed by atoms with van der Waals surface area (Å²) in [4.78, 5) is 14.0. The highest BCUT2D eigenvalue weighted by Crippen LogP contribution is 2.18. The smallest absolute Gasteiger partial charge is 0.243 e. The van der Waals surface area contributed by atoms with Crippen molar-refractivity contribution in [2.45, 2.75) is 11.8 Å². The van der Waals surface area contributed by atoms with Gasteiger partial charge in [0.2, 0.25) is 15.9 Å². The van der Waals surface area contributed by atoms with Crippen LogP contribution in [-0.2, 0) is 14.8 Å². The molecule has 1 amide bonds. The van der Waals surface area contributed by atoms with Crippen LogP contribution in [0.3, 0.4) is 0 Å². The van der Waals surface area contributed by atoms with Gasteiger partial charge in [0.1, 0.15) is 0 Å². The minimum Gasteiger partial charge on any atom is -0.340 e. The molecule has 1 aliphatic heterocycles. The van der Waals surface area contributed by atoms with Gasteiger partial charge >= 0.3 is 0 Å². The Kier molecular flexibility index (Phi) is 5.24. The molecule has 0 saturated carbocycles. The van der Waals surface area contributed by atoms with E-state index in [9.17, 15) is 13.2 Å². The lowest BCUT2D eigenvalue weighted by Gasteiger charge is -2.35. The van der Waals surface area contributed by atoms with Gasteiger partial charge in [-0.3, -0.25) is 4.79 Å². The standard InChI is InChI=1S/C14H19ClN2O3S/c1-12(11-15)14(18)16-7-9-17(10-8-16)21(19,20)13-5-3-2-4-6-13/h2-6,12H,7-11H2,1H3. The molecule has 0 aromatic heterocycles. The Morgan fingerprint density at radius 3 is 2.29 bits per heavy atom. The van der Waals surface area contributed by atoms with E-state index < -0.39 is 10.0 Å². The molecule has 1 aliphatic rings. The van der Waals surface area contributed by atoms with Crippen LogP contribution in [0, 0.1) is 5.92 Å². The highest BCUT2D eigenvalue weighted by Gasteiger charge is 2.31. The van der Waals surface area contributed by atoms with E-state index >= 15 is 0 Å². The highest BCUT2D eigenvalue weighted by molar-refractivity contribution is 7.89. The Morgan fingerprint density at radius 2 is 1.76 bits per heavy atom. The molecular weight excluding hydrogens is 312 g/mol. The zero-order valence-corrected chi connectivity index (χ0v) is 13.5. The molecule has 1 unspecified atom stereocenters. The van der Waals surface area contributed by atoms with E-state index in [0.717, 1.165) is 0 Å². The summed E-state index contributed by atoms with van der Waals surface area (Å²) in [6.45, 7) is 3.23. The van der Waals surface area contributed by atoms with Crippen molar-refractivity contribution in [1.82, 2.24) is 9.21 Å². The number of carbonyl (C=O) groups is 1. The average molecular weight is 331 g/mol. The van der Waals surface area contributed by atoms with Crippen LogP contribution >= 0.6 is 11.6 Å². The predicted octanol–water partition coefficient (Wildman–Crippen LogP) is 1.39. The number of sulfonamides is 1. The first-order chi connectivity index (χ1) is 9.96. The number of piperazine rings is 1. The van der Waals surface area contributed by atoms with Crippen LogP contribution in [0.15, 0.2) is 35.2 Å². The fourth-order valence-electron chi connectivity index (χ4n) is 2.27. The van der Waals surface area contributed by atoms with Gasteiger partial charge in [-0.05, 0) is 12.1 Å². The van der Waals surface area contributed by atoms with Crippen LogP contribution < -0.4 is 0 Å². The van der Waals surface area contributed by atoms with Gasteiger partial charge in [-0.15, -0.1) is 11.6 Å². The molecule has 1 aromatic rings. The van der Waals surface area contributed by atoms with Gasteiger partial charge in [-0.25, -0.2) is 8.42 Å². The minimum atomic E-state index is -3.47. The average Bonchev–Trinajstić information content (AvgIpc) is 2.54. The lowest BCUT2D eigenvalue weighted by molar-refractivity contribution is -0.135. The fourth-order valence-corrected chi connectivity index (χ4v) is 3.84. The third kappa shape index (κ3) is 3.56. The Hall–Kier alpha value is -1.11. The monoisotopic (exact) mass is 330 g/mol. The molecule has 1 heterocycles. The molecule has 0 radical (unpaired) electrons. The lowest BCUT2D eigenvalue weighted by atomic mass is 10.2. The molecule has 0 aliphatic carbocycles. The van der Waals surface area contributed by atoms with Crippen LogP contribution in [-0.4, -0.2) is 55.6 Å². The zero-order chi connectivity index (χ0) is 15.5. The molecular formula is C14H19ClN2O3S. The highest BCUT2D eigenvalue weighted by atomic mass is 35.5. The first kappa shape index (κ1) is 16.3. The molecule has 2 rings (SSSR count). The lowest BCUT2D eigenvalue weighted by Crippen LogP contribution is -2.51. The van der Waals surface area contributed by atoms with Crippen molar-refractivity contribution in [3.05, 3.63) is 30.3 Å². The van der Waals surface area contributed by atoms with Gasteiger partial charge in [-0.1, -0.05) is 25.1 Å². The maximum Gasteiger partial charge on any atom is 0.243 e. The van der Waals surface area contributed by atoms with Crippen molar-refractivity contribution >= 4 is 27.5 Å². The topological polar surface area (TPSA) is 57.7 Å². The van der Waals surface area contributed by atoms with Crippen molar-refractivity contribution in [3.8, 4) is 0 Å². The summed E-state index contributed by atoms with van der Waals surface area (Å²) >= 11 is 5.69. The summed E-state index contributed by atoms with van der Waals surface area (Å²) in [5, 5.41) is 0. The largest absolute Gasteiger partial charge is 0.340 e. The molecule has 0 N–H and O–H groups in total. The number of alkyl halides is 1. The first-order valence-corrected chi connectivity index (χ1v) is 8.84. The van der Waals surface area contributed by atoms with Gasteiger partial charge in [-0.2, -0.15) is 4.31 Å². The number of halogens is 1. The van der Waals surface area contributed by atoms with Crippen LogP contribution in [0.4, 0.5) is 0 Å². The van der Waals surface area contributed by atoms with Crippen molar-refractivity contribution in [1.29, 1.82) is 0 Å². The number of amides is 1. The van der Waals surface area contributed by atoms with E-state index in [0.29, 0.717) is 31.1 Å². The summed E-state index contributed by atoms with van der Waals surface area (Å²) in [6.07, 6.45) is 0. The maximum atomic E-state index is 12.5. The van der Waals surface area contributed by atoms with Gasteiger partial charge < -0.3 is 4.90 Å².